The van der Waals surface area contributed by atoms with Gasteiger partial charge in [0.15, 0.2) is 0 Å². The molecule has 3 aromatic rings. The van der Waals surface area contributed by atoms with Crippen LogP contribution in [0, 0.1) is 24.7 Å². The van der Waals surface area contributed by atoms with E-state index in [1.165, 1.54) is 6.42 Å². The third-order valence-electron chi connectivity index (χ3n) is 6.20. The van der Waals surface area contributed by atoms with Crippen LogP contribution in [0.4, 0.5) is 5.69 Å². The molecule has 148 valence electrons. The van der Waals surface area contributed by atoms with E-state index in [1.807, 2.05) is 43.3 Å². The van der Waals surface area contributed by atoms with Crippen LogP contribution in [0.15, 0.2) is 42.6 Å². The van der Waals surface area contributed by atoms with Crippen LogP contribution in [-0.4, -0.2) is 22.0 Å². The molecule has 2 saturated carbocycles. The number of nitrogens with one attached hydrogen (secondary N) is 3. The Morgan fingerprint density at radius 2 is 1.97 bits per heavy atom. The van der Waals surface area contributed by atoms with Crippen LogP contribution in [0.25, 0.3) is 10.9 Å². The molecule has 0 spiro atoms. The predicted molar refractivity (Wildman–Crippen MR) is 111 cm³/mol. The van der Waals surface area contributed by atoms with Crippen LogP contribution >= 0.6 is 0 Å². The summed E-state index contributed by atoms with van der Waals surface area (Å²) in [5.41, 5.74) is 4.07. The van der Waals surface area contributed by atoms with Crippen molar-refractivity contribution in [2.24, 2.45) is 17.8 Å². The normalized spacial score (nSPS) is 22.3. The third-order valence-corrected chi connectivity index (χ3v) is 6.20. The molecule has 1 aromatic heterocycles. The lowest BCUT2D eigenvalue weighted by Gasteiger charge is -2.13. The number of aromatic amines is 1. The Bertz CT molecular complexity index is 1090. The van der Waals surface area contributed by atoms with Crippen LogP contribution in [0.5, 0.6) is 0 Å². The number of aryl methyl sites for hydroxylation is 1. The van der Waals surface area contributed by atoms with Gasteiger partial charge in [0.2, 0.25) is 5.91 Å². The molecule has 2 aromatic carbocycles. The number of hydrogen-bond acceptors (Lipinski definition) is 3. The molecule has 1 heterocycles. The highest BCUT2D eigenvalue weighted by molar-refractivity contribution is 6.05. The molecule has 5 rings (SSSR count). The van der Waals surface area contributed by atoms with Gasteiger partial charge < -0.3 is 10.6 Å². The standard InChI is InChI=1S/C23H24N4O2/c1-13-5-18-12-25-27-21(18)20(6-13)23(29)24-11-14-3-2-4-19(7-14)26-22(28)17-9-15-8-16(15)10-17/h2-7,12,15-17H,8-11H2,1H3,(H,24,29)(H,25,27)(H,26,28). The van der Waals surface area contributed by atoms with Gasteiger partial charge in [0, 0.05) is 23.5 Å². The molecule has 2 aliphatic carbocycles. The first kappa shape index (κ1) is 17.9. The molecule has 2 unspecified atom stereocenters. The summed E-state index contributed by atoms with van der Waals surface area (Å²) in [4.78, 5) is 25.2. The maximum absolute atomic E-state index is 12.7. The molecule has 2 amide bonds. The number of amides is 2. The smallest absolute Gasteiger partial charge is 0.253 e. The van der Waals surface area contributed by atoms with E-state index in [4.69, 9.17) is 0 Å². The molecule has 29 heavy (non-hydrogen) atoms. The molecule has 6 nitrogen and oxygen atoms in total. The largest absolute Gasteiger partial charge is 0.348 e. The average molecular weight is 388 g/mol. The highest BCUT2D eigenvalue weighted by Crippen LogP contribution is 2.54. The average Bonchev–Trinajstić information content (AvgIpc) is 3.10. The van der Waals surface area contributed by atoms with E-state index in [-0.39, 0.29) is 17.7 Å². The van der Waals surface area contributed by atoms with Gasteiger partial charge in [0.05, 0.1) is 17.3 Å². The second-order valence-corrected chi connectivity index (χ2v) is 8.44. The number of H-pyrrole nitrogens is 1. The zero-order chi connectivity index (χ0) is 20.0. The Balaban J connectivity index is 1.24. The van der Waals surface area contributed by atoms with E-state index in [0.717, 1.165) is 52.4 Å². The maximum Gasteiger partial charge on any atom is 0.253 e. The summed E-state index contributed by atoms with van der Waals surface area (Å²) in [6.45, 7) is 2.35. The van der Waals surface area contributed by atoms with E-state index in [0.29, 0.717) is 12.1 Å². The number of fused-ring (bicyclic) bond motifs is 2. The Labute approximate surface area is 169 Å². The minimum absolute atomic E-state index is 0.125. The summed E-state index contributed by atoms with van der Waals surface area (Å²) in [5.74, 6) is 1.70. The minimum Gasteiger partial charge on any atom is -0.348 e. The van der Waals surface area contributed by atoms with Crippen LogP contribution in [0.1, 0.15) is 40.7 Å². The molecule has 2 fully saturated rings. The highest BCUT2D eigenvalue weighted by atomic mass is 16.2. The van der Waals surface area contributed by atoms with Crippen LogP contribution in [-0.2, 0) is 11.3 Å². The number of hydrogen-bond donors (Lipinski definition) is 3. The lowest BCUT2D eigenvalue weighted by molar-refractivity contribution is -0.120. The monoisotopic (exact) mass is 388 g/mol. The van der Waals surface area contributed by atoms with Gasteiger partial charge in [-0.25, -0.2) is 0 Å². The first-order chi connectivity index (χ1) is 14.1. The molecule has 0 bridgehead atoms. The molecular weight excluding hydrogens is 364 g/mol. The molecule has 2 aliphatic rings. The molecule has 6 heteroatoms. The zero-order valence-corrected chi connectivity index (χ0v) is 16.4. The van der Waals surface area contributed by atoms with E-state index in [2.05, 4.69) is 20.8 Å². The number of anilines is 1. The van der Waals surface area contributed by atoms with Gasteiger partial charge in [-0.1, -0.05) is 12.1 Å². The minimum atomic E-state index is -0.150. The summed E-state index contributed by atoms with van der Waals surface area (Å²) in [7, 11) is 0. The SMILES string of the molecule is Cc1cc(C(=O)NCc2cccc(NC(=O)C3CC4CC4C3)c2)c2[nH]ncc2c1. The lowest BCUT2D eigenvalue weighted by atomic mass is 10.0. The van der Waals surface area contributed by atoms with Crippen molar-refractivity contribution in [1.29, 1.82) is 0 Å². The second-order valence-electron chi connectivity index (χ2n) is 8.44. The van der Waals surface area contributed by atoms with E-state index in [9.17, 15) is 9.59 Å². The van der Waals surface area contributed by atoms with Crippen LogP contribution < -0.4 is 10.6 Å². The number of rotatable bonds is 5. The first-order valence-electron chi connectivity index (χ1n) is 10.2. The van der Waals surface area contributed by atoms with Crippen molar-refractivity contribution >= 4 is 28.4 Å². The van der Waals surface area contributed by atoms with E-state index in [1.54, 1.807) is 6.20 Å². The Morgan fingerprint density at radius 1 is 1.14 bits per heavy atom. The van der Waals surface area contributed by atoms with Crippen molar-refractivity contribution < 1.29 is 9.59 Å². The van der Waals surface area contributed by atoms with Gasteiger partial charge in [-0.3, -0.25) is 14.7 Å². The van der Waals surface area contributed by atoms with Gasteiger partial charge in [-0.05, 0) is 73.4 Å². The second kappa shape index (κ2) is 7.03. The summed E-state index contributed by atoms with van der Waals surface area (Å²) < 4.78 is 0. The molecule has 0 radical (unpaired) electrons. The first-order valence-corrected chi connectivity index (χ1v) is 10.2. The van der Waals surface area contributed by atoms with Crippen molar-refractivity contribution in [1.82, 2.24) is 15.5 Å². The number of nitrogens with zero attached hydrogens (tertiary/aromatic N) is 1. The molecule has 0 aliphatic heterocycles. The molecular formula is C23H24N4O2. The number of aromatic nitrogens is 2. The predicted octanol–water partition coefficient (Wildman–Crippen LogP) is 3.79. The Kier molecular flexibility index (Phi) is 4.34. The maximum atomic E-state index is 12.7. The van der Waals surface area contributed by atoms with Crippen LogP contribution in [0.2, 0.25) is 0 Å². The Hall–Kier alpha value is -3.15. The van der Waals surface area contributed by atoms with Crippen molar-refractivity contribution in [2.45, 2.75) is 32.7 Å². The summed E-state index contributed by atoms with van der Waals surface area (Å²) in [6, 6.07) is 11.5. The van der Waals surface area contributed by atoms with Crippen molar-refractivity contribution in [2.75, 3.05) is 5.32 Å². The number of benzene rings is 2. The fourth-order valence-corrected chi connectivity index (χ4v) is 4.60. The van der Waals surface area contributed by atoms with Crippen molar-refractivity contribution in [3.63, 3.8) is 0 Å². The molecule has 2 atom stereocenters. The van der Waals surface area contributed by atoms with Gasteiger partial charge >= 0.3 is 0 Å². The number of carbonyl (C=O) groups is 2. The topological polar surface area (TPSA) is 86.9 Å². The number of carbonyl (C=O) groups excluding carboxylic acids is 2. The summed E-state index contributed by atoms with van der Waals surface area (Å²) in [6.07, 6.45) is 5.10. The quantitative estimate of drug-likeness (QED) is 0.621. The van der Waals surface area contributed by atoms with E-state index < -0.39 is 0 Å². The lowest BCUT2D eigenvalue weighted by Crippen LogP contribution is -2.24. The summed E-state index contributed by atoms with van der Waals surface area (Å²) in [5, 5.41) is 13.9. The van der Waals surface area contributed by atoms with Gasteiger partial charge in [-0.2, -0.15) is 5.10 Å². The molecule has 3 N–H and O–H groups in total. The van der Waals surface area contributed by atoms with Gasteiger partial charge in [0.1, 0.15) is 0 Å². The fourth-order valence-electron chi connectivity index (χ4n) is 4.60. The van der Waals surface area contributed by atoms with E-state index >= 15 is 0 Å². The van der Waals surface area contributed by atoms with Gasteiger partial charge in [-0.15, -0.1) is 0 Å². The van der Waals surface area contributed by atoms with Gasteiger partial charge in [0.25, 0.3) is 5.91 Å². The fraction of sp³-hybridized carbons (Fsp3) is 0.348. The summed E-state index contributed by atoms with van der Waals surface area (Å²) >= 11 is 0. The van der Waals surface area contributed by atoms with Crippen molar-refractivity contribution in [3.05, 3.63) is 59.3 Å². The van der Waals surface area contributed by atoms with Crippen molar-refractivity contribution in [3.8, 4) is 0 Å². The zero-order valence-electron chi connectivity index (χ0n) is 16.4. The van der Waals surface area contributed by atoms with Crippen LogP contribution in [0.3, 0.4) is 0 Å². The third kappa shape index (κ3) is 3.62. The highest BCUT2D eigenvalue weighted by Gasteiger charge is 2.47. The molecule has 0 saturated heterocycles. The Morgan fingerprint density at radius 3 is 2.79 bits per heavy atom.